The molecule has 4 nitrogen and oxygen atoms in total. The zero-order valence-corrected chi connectivity index (χ0v) is 11.7. The maximum absolute atomic E-state index is 12.0. The molecule has 4 N–H and O–H groups in total. The van der Waals surface area contributed by atoms with E-state index in [0.717, 1.165) is 18.4 Å². The topological polar surface area (TPSA) is 75.3 Å². The van der Waals surface area contributed by atoms with Gasteiger partial charge >= 0.3 is 0 Å². The normalized spacial score (nSPS) is 13.1. The summed E-state index contributed by atoms with van der Waals surface area (Å²) < 4.78 is 0. The van der Waals surface area contributed by atoms with Gasteiger partial charge in [-0.3, -0.25) is 4.79 Å². The Labute approximate surface area is 115 Å². The molecule has 1 rings (SSSR count). The van der Waals surface area contributed by atoms with E-state index in [1.165, 1.54) is 0 Å². The lowest BCUT2D eigenvalue weighted by Gasteiger charge is -2.30. The highest BCUT2D eigenvalue weighted by Gasteiger charge is 2.27. The lowest BCUT2D eigenvalue weighted by molar-refractivity contribution is -0.123. The van der Waals surface area contributed by atoms with Crippen LogP contribution in [0.3, 0.4) is 0 Å². The highest BCUT2D eigenvalue weighted by molar-refractivity contribution is 5.82. The second-order valence-corrected chi connectivity index (χ2v) is 4.97. The van der Waals surface area contributed by atoms with Gasteiger partial charge < -0.3 is 16.2 Å². The van der Waals surface area contributed by atoms with Crippen LogP contribution in [0.15, 0.2) is 30.3 Å². The van der Waals surface area contributed by atoms with Crippen LogP contribution < -0.4 is 11.1 Å². The first-order valence-electron chi connectivity index (χ1n) is 6.77. The van der Waals surface area contributed by atoms with Crippen molar-refractivity contribution >= 4 is 5.91 Å². The smallest absolute Gasteiger partial charge is 0.241 e. The van der Waals surface area contributed by atoms with Crippen LogP contribution in [0, 0.1) is 5.41 Å². The number of amides is 1. The van der Waals surface area contributed by atoms with E-state index >= 15 is 0 Å². The molecule has 4 heteroatoms. The van der Waals surface area contributed by atoms with E-state index in [9.17, 15) is 9.90 Å². The van der Waals surface area contributed by atoms with Crippen LogP contribution in [0.5, 0.6) is 0 Å². The highest BCUT2D eigenvalue weighted by atomic mass is 16.3. The first-order chi connectivity index (χ1) is 9.08. The molecular weight excluding hydrogens is 240 g/mol. The summed E-state index contributed by atoms with van der Waals surface area (Å²) in [4.78, 5) is 12.0. The van der Waals surface area contributed by atoms with Crippen molar-refractivity contribution in [3.63, 3.8) is 0 Å². The molecule has 1 amide bonds. The van der Waals surface area contributed by atoms with Crippen molar-refractivity contribution < 1.29 is 9.90 Å². The van der Waals surface area contributed by atoms with Crippen molar-refractivity contribution in [1.82, 2.24) is 5.32 Å². The molecule has 1 atom stereocenters. The van der Waals surface area contributed by atoms with Crippen LogP contribution >= 0.6 is 0 Å². The van der Waals surface area contributed by atoms with Crippen molar-refractivity contribution in [3.8, 4) is 0 Å². The van der Waals surface area contributed by atoms with E-state index in [1.54, 1.807) is 0 Å². The molecule has 0 aliphatic carbocycles. The lowest BCUT2D eigenvalue weighted by Crippen LogP contribution is -2.42. The quantitative estimate of drug-likeness (QED) is 0.700. The number of rotatable bonds is 7. The minimum absolute atomic E-state index is 0.0703. The number of hydrogen-bond donors (Lipinski definition) is 3. The Bertz CT molecular complexity index is 380. The Morgan fingerprint density at radius 2 is 1.89 bits per heavy atom. The average molecular weight is 264 g/mol. The molecule has 1 aromatic carbocycles. The molecule has 0 aliphatic rings. The van der Waals surface area contributed by atoms with Crippen LogP contribution in [0.4, 0.5) is 0 Å². The summed E-state index contributed by atoms with van der Waals surface area (Å²) >= 11 is 0. The molecule has 0 saturated heterocycles. The fourth-order valence-electron chi connectivity index (χ4n) is 1.98. The molecule has 0 spiro atoms. The number of aliphatic hydroxyl groups excluding tert-OH is 1. The standard InChI is InChI=1S/C15H24N2O2/c1-3-15(4-2,11-18)10-17-14(19)13(16)12-8-6-5-7-9-12/h5-9,13,18H,3-4,10-11,16H2,1-2H3,(H,17,19). The maximum Gasteiger partial charge on any atom is 0.241 e. The van der Waals surface area contributed by atoms with Gasteiger partial charge in [0.2, 0.25) is 5.91 Å². The molecule has 0 fully saturated rings. The van der Waals surface area contributed by atoms with Gasteiger partial charge in [-0.15, -0.1) is 0 Å². The summed E-state index contributed by atoms with van der Waals surface area (Å²) in [5, 5.41) is 12.3. The van der Waals surface area contributed by atoms with Crippen LogP contribution in [-0.4, -0.2) is 24.2 Å². The Balaban J connectivity index is 2.60. The molecule has 0 bridgehead atoms. The molecule has 0 radical (unpaired) electrons. The minimum Gasteiger partial charge on any atom is -0.396 e. The fraction of sp³-hybridized carbons (Fsp3) is 0.533. The summed E-state index contributed by atoms with van der Waals surface area (Å²) in [7, 11) is 0. The van der Waals surface area contributed by atoms with Gasteiger partial charge in [0, 0.05) is 12.0 Å². The number of carbonyl (C=O) groups is 1. The zero-order valence-electron chi connectivity index (χ0n) is 11.7. The number of aliphatic hydroxyl groups is 1. The number of hydrogen-bond acceptors (Lipinski definition) is 3. The van der Waals surface area contributed by atoms with Gasteiger partial charge in [0.1, 0.15) is 6.04 Å². The van der Waals surface area contributed by atoms with Crippen molar-refractivity contribution in [2.24, 2.45) is 11.1 Å². The van der Waals surface area contributed by atoms with Crippen molar-refractivity contribution in [2.45, 2.75) is 32.7 Å². The summed E-state index contributed by atoms with van der Waals surface area (Å²) in [6, 6.07) is 8.62. The molecule has 0 aliphatic heterocycles. The van der Waals surface area contributed by atoms with Gasteiger partial charge in [0.15, 0.2) is 0 Å². The van der Waals surface area contributed by atoms with Gasteiger partial charge in [-0.2, -0.15) is 0 Å². The van der Waals surface area contributed by atoms with Gasteiger partial charge in [-0.05, 0) is 18.4 Å². The van der Waals surface area contributed by atoms with Gasteiger partial charge in [-0.1, -0.05) is 44.2 Å². The number of carbonyl (C=O) groups excluding carboxylic acids is 1. The van der Waals surface area contributed by atoms with Crippen molar-refractivity contribution in [3.05, 3.63) is 35.9 Å². The van der Waals surface area contributed by atoms with Crippen LogP contribution in [0.2, 0.25) is 0 Å². The highest BCUT2D eigenvalue weighted by Crippen LogP contribution is 2.24. The average Bonchev–Trinajstić information content (AvgIpc) is 2.49. The largest absolute Gasteiger partial charge is 0.396 e. The Morgan fingerprint density at radius 1 is 1.32 bits per heavy atom. The fourth-order valence-corrected chi connectivity index (χ4v) is 1.98. The molecule has 106 valence electrons. The van der Waals surface area contributed by atoms with Crippen LogP contribution in [-0.2, 0) is 4.79 Å². The van der Waals surface area contributed by atoms with Gasteiger partial charge in [-0.25, -0.2) is 0 Å². The van der Waals surface area contributed by atoms with E-state index < -0.39 is 6.04 Å². The number of benzene rings is 1. The van der Waals surface area contributed by atoms with Gasteiger partial charge in [0.25, 0.3) is 0 Å². The second kappa shape index (κ2) is 7.26. The zero-order chi connectivity index (χ0) is 14.3. The van der Waals surface area contributed by atoms with E-state index in [0.29, 0.717) is 6.54 Å². The number of nitrogens with one attached hydrogen (secondary N) is 1. The minimum atomic E-state index is -0.661. The third-order valence-electron chi connectivity index (χ3n) is 3.91. The summed E-state index contributed by atoms with van der Waals surface area (Å²) in [6.45, 7) is 4.56. The predicted octanol–water partition coefficient (Wildman–Crippen LogP) is 1.60. The predicted molar refractivity (Wildman–Crippen MR) is 76.5 cm³/mol. The van der Waals surface area contributed by atoms with Crippen LogP contribution in [0.25, 0.3) is 0 Å². The first-order valence-corrected chi connectivity index (χ1v) is 6.77. The van der Waals surface area contributed by atoms with Crippen LogP contribution in [0.1, 0.15) is 38.3 Å². The molecule has 0 saturated carbocycles. The molecule has 0 aromatic heterocycles. The SMILES string of the molecule is CCC(CC)(CO)CNC(=O)C(N)c1ccccc1. The van der Waals surface area contributed by atoms with E-state index in [1.807, 2.05) is 44.2 Å². The monoisotopic (exact) mass is 264 g/mol. The van der Waals surface area contributed by atoms with E-state index in [4.69, 9.17) is 5.73 Å². The molecule has 1 aromatic rings. The molecule has 1 unspecified atom stereocenters. The number of nitrogens with two attached hydrogens (primary N) is 1. The van der Waals surface area contributed by atoms with E-state index in [-0.39, 0.29) is 17.9 Å². The third-order valence-corrected chi connectivity index (χ3v) is 3.91. The molecular formula is C15H24N2O2. The maximum atomic E-state index is 12.0. The van der Waals surface area contributed by atoms with Crippen molar-refractivity contribution in [2.75, 3.05) is 13.2 Å². The third kappa shape index (κ3) is 4.04. The Kier molecular flexibility index (Phi) is 5.99. The summed E-state index contributed by atoms with van der Waals surface area (Å²) in [5.41, 5.74) is 6.47. The Morgan fingerprint density at radius 3 is 2.37 bits per heavy atom. The molecule has 19 heavy (non-hydrogen) atoms. The van der Waals surface area contributed by atoms with Gasteiger partial charge in [0.05, 0.1) is 6.61 Å². The Hall–Kier alpha value is -1.39. The first kappa shape index (κ1) is 15.7. The molecule has 0 heterocycles. The summed E-state index contributed by atoms with van der Waals surface area (Å²) in [5.74, 6) is -0.203. The lowest BCUT2D eigenvalue weighted by atomic mass is 9.83. The van der Waals surface area contributed by atoms with E-state index in [2.05, 4.69) is 5.32 Å². The summed E-state index contributed by atoms with van der Waals surface area (Å²) in [6.07, 6.45) is 1.64. The van der Waals surface area contributed by atoms with Crippen molar-refractivity contribution in [1.29, 1.82) is 0 Å². The second-order valence-electron chi connectivity index (χ2n) is 4.97.